The lowest BCUT2D eigenvalue weighted by molar-refractivity contribution is -0.253. The maximum atomic E-state index is 13.0. The van der Waals surface area contributed by atoms with Crippen LogP contribution < -0.4 is 4.74 Å². The summed E-state index contributed by atoms with van der Waals surface area (Å²) in [5, 5.41) is 0. The second-order valence-corrected chi connectivity index (χ2v) is 10.9. The Morgan fingerprint density at radius 1 is 0.765 bits per heavy atom. The molecule has 2 aliphatic carbocycles. The fraction of sp³-hybridized carbons (Fsp3) is 0.793. The Kier molecular flexibility index (Phi) is 11.0. The smallest absolute Gasteiger partial charge is 0.428 e. The summed E-state index contributed by atoms with van der Waals surface area (Å²) in [4.78, 5) is 0. The van der Waals surface area contributed by atoms with E-state index >= 15 is 0 Å². The van der Waals surface area contributed by atoms with Gasteiger partial charge in [-0.3, -0.25) is 0 Å². The average molecular weight is 485 g/mol. The van der Waals surface area contributed by atoms with E-state index in [0.717, 1.165) is 42.1 Å². The van der Waals surface area contributed by atoms with E-state index in [0.29, 0.717) is 0 Å². The molecule has 194 valence electrons. The molecule has 1 aromatic rings. The van der Waals surface area contributed by atoms with Crippen LogP contribution in [-0.4, -0.2) is 12.5 Å². The van der Waals surface area contributed by atoms with Crippen molar-refractivity contribution < 1.29 is 22.3 Å². The largest absolute Gasteiger partial charge is 0.461 e. The normalized spacial score (nSPS) is 26.1. The Hall–Kier alpha value is -1.26. The monoisotopic (exact) mass is 484 g/mol. The van der Waals surface area contributed by atoms with Gasteiger partial charge in [0.2, 0.25) is 0 Å². The van der Waals surface area contributed by atoms with E-state index in [-0.39, 0.29) is 5.75 Å². The Labute approximate surface area is 204 Å². The molecule has 0 aromatic heterocycles. The summed E-state index contributed by atoms with van der Waals surface area (Å²) in [7, 11) is 0. The molecule has 0 bridgehead atoms. The van der Waals surface area contributed by atoms with Crippen molar-refractivity contribution in [1.29, 1.82) is 0 Å². The average Bonchev–Trinajstić information content (AvgIpc) is 2.84. The minimum Gasteiger partial charge on any atom is -0.428 e. The van der Waals surface area contributed by atoms with Gasteiger partial charge in [-0.1, -0.05) is 83.3 Å². The van der Waals surface area contributed by atoms with E-state index in [1.807, 2.05) is 0 Å². The van der Waals surface area contributed by atoms with Crippen LogP contribution in [0.4, 0.5) is 17.6 Å². The third-order valence-corrected chi connectivity index (χ3v) is 8.44. The van der Waals surface area contributed by atoms with Gasteiger partial charge in [-0.05, 0) is 79.9 Å². The maximum Gasteiger partial charge on any atom is 0.461 e. The number of hydrogen-bond donors (Lipinski definition) is 0. The lowest BCUT2D eigenvalue weighted by Gasteiger charge is -2.38. The molecule has 0 saturated heterocycles. The second kappa shape index (κ2) is 13.7. The summed E-state index contributed by atoms with van der Waals surface area (Å²) in [6.07, 6.45) is 13.2. The van der Waals surface area contributed by atoms with E-state index in [4.69, 9.17) is 0 Å². The van der Waals surface area contributed by atoms with Crippen molar-refractivity contribution >= 4 is 0 Å². The van der Waals surface area contributed by atoms with E-state index in [1.54, 1.807) is 12.1 Å². The zero-order valence-corrected chi connectivity index (χ0v) is 20.9. The Morgan fingerprint density at radius 2 is 1.29 bits per heavy atom. The fourth-order valence-electron chi connectivity index (χ4n) is 6.23. The highest BCUT2D eigenvalue weighted by Gasteiger charge is 2.43. The topological polar surface area (TPSA) is 9.23 Å². The molecule has 0 aliphatic heterocycles. The molecule has 5 heteroatoms. The third-order valence-electron chi connectivity index (χ3n) is 8.44. The van der Waals surface area contributed by atoms with E-state index in [2.05, 4.69) is 11.7 Å². The second-order valence-electron chi connectivity index (χ2n) is 10.9. The first-order chi connectivity index (χ1) is 16.4. The molecule has 0 unspecified atom stereocenters. The van der Waals surface area contributed by atoms with Crippen LogP contribution in [0.3, 0.4) is 0 Å². The number of aryl methyl sites for hydroxylation is 1. The quantitative estimate of drug-likeness (QED) is 0.200. The molecule has 3 rings (SSSR count). The first-order valence-electron chi connectivity index (χ1n) is 13.8. The van der Waals surface area contributed by atoms with Crippen molar-refractivity contribution in [3.63, 3.8) is 0 Å². The first-order valence-corrected chi connectivity index (χ1v) is 13.8. The van der Waals surface area contributed by atoms with E-state index in [1.165, 1.54) is 102 Å². The Balaban J connectivity index is 1.30. The van der Waals surface area contributed by atoms with Gasteiger partial charge in [0.15, 0.2) is 0 Å². The van der Waals surface area contributed by atoms with Gasteiger partial charge in [-0.15, -0.1) is 0 Å². The van der Waals surface area contributed by atoms with Gasteiger partial charge in [0.05, 0.1) is 0 Å². The molecule has 0 amide bonds. The van der Waals surface area contributed by atoms with Crippen molar-refractivity contribution in [2.24, 2.45) is 23.7 Å². The highest BCUT2D eigenvalue weighted by Crippen LogP contribution is 2.43. The van der Waals surface area contributed by atoms with Gasteiger partial charge < -0.3 is 4.74 Å². The number of halogens is 4. The minimum atomic E-state index is -4.45. The molecular weight excluding hydrogens is 440 g/mol. The van der Waals surface area contributed by atoms with E-state index < -0.39 is 12.5 Å². The highest BCUT2D eigenvalue weighted by atomic mass is 19.3. The lowest BCUT2D eigenvalue weighted by Crippen LogP contribution is -2.33. The maximum absolute atomic E-state index is 13.0. The molecule has 0 N–H and O–H groups in total. The predicted molar refractivity (Wildman–Crippen MR) is 131 cm³/mol. The Bertz CT molecular complexity index is 674. The molecule has 0 heterocycles. The van der Waals surface area contributed by atoms with Crippen molar-refractivity contribution in [2.75, 3.05) is 0 Å². The highest BCUT2D eigenvalue weighted by molar-refractivity contribution is 5.27. The van der Waals surface area contributed by atoms with Gasteiger partial charge in [0, 0.05) is 0 Å². The standard InChI is InChI=1S/C29H44F4O/c1-2-3-4-5-6-7-22-10-16-25(17-11-22)26-18-12-23(13-19-26)8-9-24-14-20-27(21-15-24)34-29(32,33)28(30)31/h14-15,20-23,25-26,28H,2-13,16-19H2,1H3. The molecule has 1 aromatic carbocycles. The number of unbranched alkanes of at least 4 members (excludes halogenated alkanes) is 4. The van der Waals surface area contributed by atoms with Gasteiger partial charge >= 0.3 is 12.5 Å². The summed E-state index contributed by atoms with van der Waals surface area (Å²) < 4.78 is 54.7. The number of hydrogen-bond acceptors (Lipinski definition) is 1. The van der Waals surface area contributed by atoms with E-state index in [9.17, 15) is 17.6 Å². The number of ether oxygens (including phenoxy) is 1. The van der Waals surface area contributed by atoms with Crippen LogP contribution in [0.1, 0.15) is 109 Å². The van der Waals surface area contributed by atoms with Crippen LogP contribution in [0.2, 0.25) is 0 Å². The van der Waals surface area contributed by atoms with Crippen molar-refractivity contribution in [1.82, 2.24) is 0 Å². The van der Waals surface area contributed by atoms with Crippen LogP contribution in [0.5, 0.6) is 5.75 Å². The fourth-order valence-corrected chi connectivity index (χ4v) is 6.23. The Morgan fingerprint density at radius 3 is 1.82 bits per heavy atom. The summed E-state index contributed by atoms with van der Waals surface area (Å²) in [5.74, 6) is 3.34. The van der Waals surface area contributed by atoms with Gasteiger partial charge in [-0.25, -0.2) is 0 Å². The van der Waals surface area contributed by atoms with Crippen LogP contribution in [0.15, 0.2) is 24.3 Å². The number of benzene rings is 1. The molecule has 34 heavy (non-hydrogen) atoms. The SMILES string of the molecule is CCCCCCCC1CCC(C2CCC(CCc3ccc(OC(F)(F)C(F)F)cc3)CC2)CC1. The molecule has 0 spiro atoms. The molecule has 0 radical (unpaired) electrons. The minimum absolute atomic E-state index is 0.222. The third kappa shape index (κ3) is 8.75. The molecular formula is C29H44F4O. The molecule has 2 aliphatic rings. The molecule has 2 fully saturated rings. The summed E-state index contributed by atoms with van der Waals surface area (Å²) >= 11 is 0. The molecule has 1 nitrogen and oxygen atoms in total. The zero-order chi connectivity index (χ0) is 24.4. The van der Waals surface area contributed by atoms with Crippen LogP contribution >= 0.6 is 0 Å². The summed E-state index contributed by atoms with van der Waals surface area (Å²) in [5.41, 5.74) is 1.04. The van der Waals surface area contributed by atoms with Crippen LogP contribution in [0.25, 0.3) is 0 Å². The van der Waals surface area contributed by atoms with Crippen molar-refractivity contribution in [3.8, 4) is 5.75 Å². The first kappa shape index (κ1) is 27.3. The van der Waals surface area contributed by atoms with Gasteiger partial charge in [0.1, 0.15) is 5.75 Å². The molecule has 2 saturated carbocycles. The van der Waals surface area contributed by atoms with Gasteiger partial charge in [-0.2, -0.15) is 17.6 Å². The summed E-state index contributed by atoms with van der Waals surface area (Å²) in [6, 6.07) is 6.16. The molecule has 0 atom stereocenters. The van der Waals surface area contributed by atoms with Crippen molar-refractivity contribution in [3.05, 3.63) is 29.8 Å². The number of alkyl halides is 4. The zero-order valence-electron chi connectivity index (χ0n) is 20.9. The van der Waals surface area contributed by atoms with Crippen LogP contribution in [-0.2, 0) is 6.42 Å². The van der Waals surface area contributed by atoms with Crippen LogP contribution in [0, 0.1) is 23.7 Å². The van der Waals surface area contributed by atoms with Gasteiger partial charge in [0.25, 0.3) is 0 Å². The lowest BCUT2D eigenvalue weighted by atomic mass is 9.68. The van der Waals surface area contributed by atoms with Crippen molar-refractivity contribution in [2.45, 2.75) is 122 Å². The number of rotatable bonds is 13. The summed E-state index contributed by atoms with van der Waals surface area (Å²) in [6.45, 7) is 2.28. The predicted octanol–water partition coefficient (Wildman–Crippen LogP) is 9.83.